The Balaban J connectivity index is 1.50. The fourth-order valence-electron chi connectivity index (χ4n) is 4.06. The molecule has 1 aliphatic rings. The van der Waals surface area contributed by atoms with Crippen molar-refractivity contribution in [3.8, 4) is 0 Å². The summed E-state index contributed by atoms with van der Waals surface area (Å²) in [5.74, 6) is -0.124. The summed E-state index contributed by atoms with van der Waals surface area (Å²) in [7, 11) is 0. The van der Waals surface area contributed by atoms with Crippen molar-refractivity contribution >= 4 is 35.1 Å². The Labute approximate surface area is 216 Å². The molecular weight excluding hydrogens is 474 g/mol. The molecule has 0 bridgehead atoms. The van der Waals surface area contributed by atoms with Gasteiger partial charge >= 0.3 is 12.0 Å². The van der Waals surface area contributed by atoms with Gasteiger partial charge < -0.3 is 20.6 Å². The van der Waals surface area contributed by atoms with Crippen LogP contribution < -0.4 is 16.0 Å². The number of urea groups is 1. The number of benzene rings is 1. The van der Waals surface area contributed by atoms with Gasteiger partial charge in [-0.3, -0.25) is 14.9 Å². The number of aliphatic carboxylic acids is 1. The molecule has 37 heavy (non-hydrogen) atoms. The quantitative estimate of drug-likeness (QED) is 0.332. The topological polar surface area (TPSA) is 142 Å². The number of carboxylic acid groups (broad SMARTS) is 1. The van der Waals surface area contributed by atoms with Gasteiger partial charge in [-0.25, -0.2) is 9.78 Å². The minimum absolute atomic E-state index is 0.101. The first kappa shape index (κ1) is 27.6. The zero-order chi connectivity index (χ0) is 26.8. The van der Waals surface area contributed by atoms with Gasteiger partial charge in [-0.1, -0.05) is 37.2 Å². The zero-order valence-corrected chi connectivity index (χ0v) is 21.5. The Hall–Kier alpha value is -3.95. The molecule has 10 heteroatoms. The smallest absolute Gasteiger partial charge is 0.324 e. The summed E-state index contributed by atoms with van der Waals surface area (Å²) in [4.78, 5) is 45.5. The maximum absolute atomic E-state index is 12.8. The monoisotopic (exact) mass is 509 g/mol. The van der Waals surface area contributed by atoms with Crippen molar-refractivity contribution in [2.45, 2.75) is 71.4 Å². The molecule has 0 saturated heterocycles. The molecule has 2 heterocycles. The molecule has 2 unspecified atom stereocenters. The van der Waals surface area contributed by atoms with Crippen LogP contribution in [-0.4, -0.2) is 45.9 Å². The number of amides is 3. The summed E-state index contributed by atoms with van der Waals surface area (Å²) in [6.07, 6.45) is 4.19. The van der Waals surface area contributed by atoms with Crippen LogP contribution in [0.25, 0.3) is 0 Å². The average molecular weight is 510 g/mol. The van der Waals surface area contributed by atoms with Crippen molar-refractivity contribution in [3.05, 3.63) is 53.7 Å². The van der Waals surface area contributed by atoms with E-state index in [9.17, 15) is 14.4 Å². The second kappa shape index (κ2) is 13.4. The number of pyridine rings is 1. The summed E-state index contributed by atoms with van der Waals surface area (Å²) >= 11 is 0. The number of rotatable bonds is 12. The first-order valence-corrected chi connectivity index (χ1v) is 12.5. The lowest BCUT2D eigenvalue weighted by molar-refractivity contribution is -0.137. The van der Waals surface area contributed by atoms with Crippen molar-refractivity contribution in [2.75, 3.05) is 10.6 Å². The van der Waals surface area contributed by atoms with E-state index < -0.39 is 12.0 Å². The van der Waals surface area contributed by atoms with Crippen molar-refractivity contribution in [1.82, 2.24) is 10.3 Å². The molecule has 0 radical (unpaired) electrons. The zero-order valence-electron chi connectivity index (χ0n) is 21.5. The second-order valence-electron chi connectivity index (χ2n) is 9.67. The second-order valence-corrected chi connectivity index (χ2v) is 9.67. The van der Waals surface area contributed by atoms with Gasteiger partial charge in [-0.15, -0.1) is 0 Å². The molecule has 10 nitrogen and oxygen atoms in total. The highest BCUT2D eigenvalue weighted by molar-refractivity contribution is 5.99. The molecule has 0 spiro atoms. The van der Waals surface area contributed by atoms with Gasteiger partial charge in [0.25, 0.3) is 0 Å². The molecule has 1 aliphatic heterocycles. The number of carboxylic acids is 1. The third kappa shape index (κ3) is 9.21. The molecule has 3 amide bonds. The van der Waals surface area contributed by atoms with Gasteiger partial charge in [0, 0.05) is 24.7 Å². The first-order valence-electron chi connectivity index (χ1n) is 12.5. The van der Waals surface area contributed by atoms with Gasteiger partial charge in [0.1, 0.15) is 11.9 Å². The molecule has 0 fully saturated rings. The van der Waals surface area contributed by atoms with Crippen LogP contribution in [0.4, 0.5) is 16.3 Å². The first-order chi connectivity index (χ1) is 17.7. The number of carbonyl (C=O) groups excluding carboxylic acids is 2. The van der Waals surface area contributed by atoms with Crippen LogP contribution in [0.3, 0.4) is 0 Å². The van der Waals surface area contributed by atoms with E-state index in [4.69, 9.17) is 9.94 Å². The van der Waals surface area contributed by atoms with Gasteiger partial charge in [-0.05, 0) is 61.4 Å². The maximum atomic E-state index is 12.8. The van der Waals surface area contributed by atoms with Gasteiger partial charge in [0.15, 0.2) is 0 Å². The molecular formula is C27H35N5O5. The van der Waals surface area contributed by atoms with E-state index in [2.05, 4.69) is 39.9 Å². The molecule has 0 saturated carbocycles. The lowest BCUT2D eigenvalue weighted by Crippen LogP contribution is -2.42. The third-order valence-electron chi connectivity index (χ3n) is 5.94. The number of hydrogen-bond acceptors (Lipinski definition) is 6. The van der Waals surface area contributed by atoms with Crippen molar-refractivity contribution < 1.29 is 24.3 Å². The summed E-state index contributed by atoms with van der Waals surface area (Å²) in [6, 6.07) is 10.1. The van der Waals surface area contributed by atoms with Crippen LogP contribution in [0.1, 0.15) is 57.1 Å². The number of nitrogens with zero attached hydrogens (tertiary/aromatic N) is 2. The van der Waals surface area contributed by atoms with E-state index in [1.807, 2.05) is 13.0 Å². The number of aryl methyl sites for hydroxylation is 1. The Morgan fingerprint density at radius 2 is 1.89 bits per heavy atom. The van der Waals surface area contributed by atoms with Gasteiger partial charge in [0.2, 0.25) is 5.91 Å². The fourth-order valence-corrected chi connectivity index (χ4v) is 4.06. The molecule has 2 aromatic rings. The number of oxime groups is 1. The van der Waals surface area contributed by atoms with Crippen LogP contribution in [0, 0.1) is 12.8 Å². The minimum atomic E-state index is -0.823. The summed E-state index contributed by atoms with van der Waals surface area (Å²) < 4.78 is 0. The molecule has 0 aliphatic carbocycles. The Kier molecular flexibility index (Phi) is 10.00. The SMILES string of the molecule is Cc1cccnc1NC(=O)Nc1ccc(CC(=O)NC(CC(C)C)C2=NOC(CCCC(=O)O)C2)cc1. The molecule has 2 atom stereocenters. The highest BCUT2D eigenvalue weighted by Gasteiger charge is 2.28. The van der Waals surface area contributed by atoms with Crippen molar-refractivity contribution in [1.29, 1.82) is 0 Å². The standard InChI is InChI=1S/C27H35N5O5/c1-17(2)14-22(23-16-21(37-32-23)7-4-8-25(34)35)30-24(33)15-19-9-11-20(12-10-19)29-27(36)31-26-18(3)6-5-13-28-26/h5-6,9-13,17,21-22H,4,7-8,14-16H2,1-3H3,(H,30,33)(H,34,35)(H2,28,29,31,36). The van der Waals surface area contributed by atoms with E-state index in [1.165, 1.54) is 0 Å². The highest BCUT2D eigenvalue weighted by Crippen LogP contribution is 2.21. The Morgan fingerprint density at radius 1 is 1.14 bits per heavy atom. The molecule has 3 rings (SSSR count). The lowest BCUT2D eigenvalue weighted by Gasteiger charge is -2.20. The van der Waals surface area contributed by atoms with Crippen molar-refractivity contribution in [3.63, 3.8) is 0 Å². The molecule has 1 aromatic heterocycles. The highest BCUT2D eigenvalue weighted by atomic mass is 16.6. The maximum Gasteiger partial charge on any atom is 0.324 e. The Morgan fingerprint density at radius 3 is 2.57 bits per heavy atom. The number of nitrogens with one attached hydrogen (secondary N) is 3. The number of hydrogen-bond donors (Lipinski definition) is 4. The summed E-state index contributed by atoms with van der Waals surface area (Å²) in [5, 5.41) is 21.6. The van der Waals surface area contributed by atoms with E-state index in [1.54, 1.807) is 36.5 Å². The minimum Gasteiger partial charge on any atom is -0.481 e. The predicted molar refractivity (Wildman–Crippen MR) is 142 cm³/mol. The van der Waals surface area contributed by atoms with Gasteiger partial charge in [-0.2, -0.15) is 0 Å². The van der Waals surface area contributed by atoms with E-state index in [0.29, 0.717) is 36.7 Å². The molecule has 1 aromatic carbocycles. The number of anilines is 2. The number of aromatic nitrogens is 1. The predicted octanol–water partition coefficient (Wildman–Crippen LogP) is 4.51. The van der Waals surface area contributed by atoms with E-state index in [-0.39, 0.29) is 30.9 Å². The van der Waals surface area contributed by atoms with E-state index >= 15 is 0 Å². The average Bonchev–Trinajstić information content (AvgIpc) is 3.30. The van der Waals surface area contributed by atoms with Crippen LogP contribution >= 0.6 is 0 Å². The normalized spacial score (nSPS) is 15.5. The van der Waals surface area contributed by atoms with E-state index in [0.717, 1.165) is 23.3 Å². The van der Waals surface area contributed by atoms with Gasteiger partial charge in [0.05, 0.1) is 18.2 Å². The fraction of sp³-hybridized carbons (Fsp3) is 0.444. The van der Waals surface area contributed by atoms with Crippen LogP contribution in [0.2, 0.25) is 0 Å². The number of carbonyl (C=O) groups is 3. The lowest BCUT2D eigenvalue weighted by atomic mass is 9.95. The summed E-state index contributed by atoms with van der Waals surface area (Å²) in [6.45, 7) is 6.02. The molecule has 198 valence electrons. The van der Waals surface area contributed by atoms with Crippen molar-refractivity contribution in [2.24, 2.45) is 11.1 Å². The Bertz CT molecular complexity index is 1120. The van der Waals surface area contributed by atoms with Crippen LogP contribution in [0.15, 0.2) is 47.8 Å². The van der Waals surface area contributed by atoms with Crippen LogP contribution in [-0.2, 0) is 20.8 Å². The van der Waals surface area contributed by atoms with Crippen LogP contribution in [0.5, 0.6) is 0 Å². The third-order valence-corrected chi connectivity index (χ3v) is 5.94. The summed E-state index contributed by atoms with van der Waals surface area (Å²) in [5.41, 5.74) is 3.05. The largest absolute Gasteiger partial charge is 0.481 e. The molecule has 4 N–H and O–H groups in total.